The summed E-state index contributed by atoms with van der Waals surface area (Å²) in [7, 11) is 0. The van der Waals surface area contributed by atoms with E-state index in [1.807, 2.05) is 0 Å². The summed E-state index contributed by atoms with van der Waals surface area (Å²) in [4.78, 5) is 0. The van der Waals surface area contributed by atoms with Crippen LogP contribution in [0, 0.1) is 0 Å². The lowest BCUT2D eigenvalue weighted by Gasteiger charge is -2.20. The van der Waals surface area contributed by atoms with E-state index in [1.165, 1.54) is 0 Å². The van der Waals surface area contributed by atoms with Crippen LogP contribution in [-0.2, 0) is 0 Å². The topological polar surface area (TPSA) is 64.5 Å². The lowest BCUT2D eigenvalue weighted by atomic mass is 10.2. The van der Waals surface area contributed by atoms with Gasteiger partial charge in [0.1, 0.15) is 0 Å². The smallest absolute Gasteiger partial charge is 0.0788 e. The number of β-amino-alcohol motifs (C(OH)–C–C–N with tert-alkyl or cyclic N) is 2. The number of rotatable bonds is 0. The van der Waals surface area contributed by atoms with Crippen LogP contribution in [0.15, 0.2) is 0 Å². The zero-order valence-electron chi connectivity index (χ0n) is 5.88. The van der Waals surface area contributed by atoms with Crippen molar-refractivity contribution >= 4 is 0 Å². The molecule has 0 aromatic rings. The molecule has 1 rings (SSSR count). The standard InChI is InChI=1S/C6H14N2O2/c9-5-1-7-3-6(10)4-8-2-5/h5-10H,1-4H2. The fourth-order valence-corrected chi connectivity index (χ4v) is 0.977. The van der Waals surface area contributed by atoms with E-state index in [0.29, 0.717) is 26.2 Å². The molecule has 0 aliphatic carbocycles. The number of aliphatic hydroxyl groups is 2. The molecule has 1 saturated heterocycles. The van der Waals surface area contributed by atoms with Crippen LogP contribution in [0.3, 0.4) is 0 Å². The van der Waals surface area contributed by atoms with Crippen LogP contribution in [0.25, 0.3) is 0 Å². The van der Waals surface area contributed by atoms with Gasteiger partial charge in [0.15, 0.2) is 0 Å². The second-order valence-electron chi connectivity index (χ2n) is 2.62. The summed E-state index contributed by atoms with van der Waals surface area (Å²) in [5.41, 5.74) is 0. The van der Waals surface area contributed by atoms with Gasteiger partial charge in [-0.1, -0.05) is 0 Å². The van der Waals surface area contributed by atoms with E-state index in [-0.39, 0.29) is 12.2 Å². The summed E-state index contributed by atoms with van der Waals surface area (Å²) in [6, 6.07) is 0. The van der Waals surface area contributed by atoms with Gasteiger partial charge in [-0.25, -0.2) is 0 Å². The van der Waals surface area contributed by atoms with Gasteiger partial charge >= 0.3 is 0 Å². The van der Waals surface area contributed by atoms with Crippen LogP contribution in [-0.4, -0.2) is 48.6 Å². The molecule has 0 aromatic heterocycles. The first-order chi connectivity index (χ1) is 4.79. The Kier molecular flexibility index (Phi) is 3.08. The highest BCUT2D eigenvalue weighted by Gasteiger charge is 2.10. The molecule has 1 aliphatic heterocycles. The molecule has 0 atom stereocenters. The quantitative estimate of drug-likeness (QED) is 0.316. The third kappa shape index (κ3) is 2.62. The Bertz CT molecular complexity index is 79.7. The Balaban J connectivity index is 2.21. The van der Waals surface area contributed by atoms with Gasteiger partial charge in [-0.05, 0) is 0 Å². The molecule has 0 amide bonds. The molecule has 1 aliphatic rings. The zero-order chi connectivity index (χ0) is 7.40. The van der Waals surface area contributed by atoms with Crippen molar-refractivity contribution in [2.24, 2.45) is 0 Å². The first kappa shape index (κ1) is 7.94. The van der Waals surface area contributed by atoms with E-state index in [9.17, 15) is 0 Å². The van der Waals surface area contributed by atoms with Crippen LogP contribution in [0.1, 0.15) is 0 Å². The molecule has 4 nitrogen and oxygen atoms in total. The van der Waals surface area contributed by atoms with Gasteiger partial charge in [-0.3, -0.25) is 0 Å². The zero-order valence-corrected chi connectivity index (χ0v) is 5.88. The van der Waals surface area contributed by atoms with E-state index >= 15 is 0 Å². The Morgan fingerprint density at radius 2 is 1.10 bits per heavy atom. The van der Waals surface area contributed by atoms with Crippen LogP contribution in [0.5, 0.6) is 0 Å². The molecule has 0 saturated carbocycles. The minimum Gasteiger partial charge on any atom is -0.390 e. The van der Waals surface area contributed by atoms with Gasteiger partial charge < -0.3 is 20.8 Å². The second kappa shape index (κ2) is 3.88. The Morgan fingerprint density at radius 1 is 0.800 bits per heavy atom. The molecule has 1 heterocycles. The van der Waals surface area contributed by atoms with Crippen LogP contribution >= 0.6 is 0 Å². The van der Waals surface area contributed by atoms with E-state index in [2.05, 4.69) is 10.6 Å². The van der Waals surface area contributed by atoms with Crippen molar-refractivity contribution in [1.29, 1.82) is 0 Å². The molecule has 0 aromatic carbocycles. The second-order valence-corrected chi connectivity index (χ2v) is 2.62. The Morgan fingerprint density at radius 3 is 1.40 bits per heavy atom. The van der Waals surface area contributed by atoms with E-state index in [0.717, 1.165) is 0 Å². The molecule has 4 N–H and O–H groups in total. The minimum atomic E-state index is -0.326. The van der Waals surface area contributed by atoms with Gasteiger partial charge in [-0.15, -0.1) is 0 Å². The van der Waals surface area contributed by atoms with Gasteiger partial charge in [0.2, 0.25) is 0 Å². The van der Waals surface area contributed by atoms with Crippen molar-refractivity contribution in [3.8, 4) is 0 Å². The fourth-order valence-electron chi connectivity index (χ4n) is 0.977. The highest BCUT2D eigenvalue weighted by molar-refractivity contribution is 4.71. The maximum Gasteiger partial charge on any atom is 0.0788 e. The predicted octanol–water partition coefficient (Wildman–Crippen LogP) is -2.10. The van der Waals surface area contributed by atoms with Crippen molar-refractivity contribution in [3.63, 3.8) is 0 Å². The summed E-state index contributed by atoms with van der Waals surface area (Å²) < 4.78 is 0. The third-order valence-electron chi connectivity index (χ3n) is 1.52. The molecular formula is C6H14N2O2. The molecule has 4 heteroatoms. The summed E-state index contributed by atoms with van der Waals surface area (Å²) in [5.74, 6) is 0. The fraction of sp³-hybridized carbons (Fsp3) is 1.00. The van der Waals surface area contributed by atoms with Gasteiger partial charge in [0.05, 0.1) is 12.2 Å². The molecule has 0 unspecified atom stereocenters. The molecule has 60 valence electrons. The molecule has 0 spiro atoms. The van der Waals surface area contributed by atoms with E-state index < -0.39 is 0 Å². The molecule has 1 fully saturated rings. The monoisotopic (exact) mass is 146 g/mol. The normalized spacial score (nSPS) is 36.6. The summed E-state index contributed by atoms with van der Waals surface area (Å²) >= 11 is 0. The summed E-state index contributed by atoms with van der Waals surface area (Å²) in [6.45, 7) is 2.24. The first-order valence-electron chi connectivity index (χ1n) is 3.56. The average Bonchev–Trinajstić information content (AvgIpc) is 1.84. The first-order valence-corrected chi connectivity index (χ1v) is 3.56. The number of hydrogen-bond acceptors (Lipinski definition) is 4. The van der Waals surface area contributed by atoms with Crippen molar-refractivity contribution in [1.82, 2.24) is 10.6 Å². The molecule has 10 heavy (non-hydrogen) atoms. The lowest BCUT2D eigenvalue weighted by molar-refractivity contribution is 0.117. The van der Waals surface area contributed by atoms with Crippen LogP contribution in [0.2, 0.25) is 0 Å². The average molecular weight is 146 g/mol. The maximum atomic E-state index is 9.09. The van der Waals surface area contributed by atoms with Crippen LogP contribution < -0.4 is 10.6 Å². The lowest BCUT2D eigenvalue weighted by Crippen LogP contribution is -2.46. The predicted molar refractivity (Wildman–Crippen MR) is 37.8 cm³/mol. The molecule has 0 radical (unpaired) electrons. The van der Waals surface area contributed by atoms with Gasteiger partial charge in [-0.2, -0.15) is 0 Å². The van der Waals surface area contributed by atoms with Gasteiger partial charge in [0.25, 0.3) is 0 Å². The van der Waals surface area contributed by atoms with E-state index in [1.54, 1.807) is 0 Å². The SMILES string of the molecule is OC1CNCC(O)CNC1. The molecular weight excluding hydrogens is 132 g/mol. The molecule has 0 bridgehead atoms. The van der Waals surface area contributed by atoms with Crippen molar-refractivity contribution < 1.29 is 10.2 Å². The number of hydrogen-bond donors (Lipinski definition) is 4. The van der Waals surface area contributed by atoms with Crippen LogP contribution in [0.4, 0.5) is 0 Å². The Labute approximate surface area is 60.2 Å². The third-order valence-corrected chi connectivity index (χ3v) is 1.52. The van der Waals surface area contributed by atoms with Crippen molar-refractivity contribution in [3.05, 3.63) is 0 Å². The number of aliphatic hydroxyl groups excluding tert-OH is 2. The highest BCUT2D eigenvalue weighted by atomic mass is 16.3. The van der Waals surface area contributed by atoms with Crippen molar-refractivity contribution in [2.45, 2.75) is 12.2 Å². The Hall–Kier alpha value is -0.160. The summed E-state index contributed by atoms with van der Waals surface area (Å²) in [6.07, 6.45) is -0.653. The van der Waals surface area contributed by atoms with Gasteiger partial charge in [0, 0.05) is 26.2 Å². The maximum absolute atomic E-state index is 9.09. The van der Waals surface area contributed by atoms with Crippen molar-refractivity contribution in [2.75, 3.05) is 26.2 Å². The minimum absolute atomic E-state index is 0.326. The number of nitrogens with one attached hydrogen (secondary N) is 2. The largest absolute Gasteiger partial charge is 0.390 e. The summed E-state index contributed by atoms with van der Waals surface area (Å²) in [5, 5.41) is 24.1. The highest BCUT2D eigenvalue weighted by Crippen LogP contribution is 1.85. The van der Waals surface area contributed by atoms with E-state index in [4.69, 9.17) is 10.2 Å².